The Labute approximate surface area is 96.9 Å². The van der Waals surface area contributed by atoms with Gasteiger partial charge in [-0.05, 0) is 12.8 Å². The third-order valence-electron chi connectivity index (χ3n) is 2.46. The Morgan fingerprint density at radius 1 is 1.53 bits per heavy atom. The first-order valence-electron chi connectivity index (χ1n) is 5.27. The monoisotopic (exact) mass is 245 g/mol. The Kier molecular flexibility index (Phi) is 3.70. The summed E-state index contributed by atoms with van der Waals surface area (Å²) in [6, 6.07) is 0.674. The number of halogens is 2. The average molecular weight is 245 g/mol. The van der Waals surface area contributed by atoms with Crippen LogP contribution in [0.5, 0.6) is 5.88 Å². The van der Waals surface area contributed by atoms with E-state index in [4.69, 9.17) is 15.3 Å². The van der Waals surface area contributed by atoms with E-state index < -0.39 is 11.6 Å². The molecular weight excluding hydrogens is 232 g/mol. The molecule has 0 amide bonds. The molecule has 1 aliphatic rings. The summed E-state index contributed by atoms with van der Waals surface area (Å²) < 4.78 is 36.8. The second kappa shape index (κ2) is 5.24. The minimum atomic E-state index is -0.866. The summed E-state index contributed by atoms with van der Waals surface area (Å²) in [5.41, 5.74) is 2.03. The molecule has 2 rings (SSSR count). The largest absolute Gasteiger partial charge is 0.473 e. The Hall–Kier alpha value is -1.47. The Morgan fingerprint density at radius 3 is 3.00 bits per heavy atom. The van der Waals surface area contributed by atoms with Crippen molar-refractivity contribution in [2.24, 2.45) is 5.84 Å². The summed E-state index contributed by atoms with van der Waals surface area (Å²) >= 11 is 0. The molecule has 1 atom stereocenters. The quantitative estimate of drug-likeness (QED) is 0.616. The molecule has 0 radical (unpaired) electrons. The van der Waals surface area contributed by atoms with Crippen molar-refractivity contribution in [2.75, 3.05) is 18.6 Å². The van der Waals surface area contributed by atoms with Crippen LogP contribution >= 0.6 is 0 Å². The van der Waals surface area contributed by atoms with Gasteiger partial charge in [-0.25, -0.2) is 14.6 Å². The number of nitrogens with zero attached hydrogens (tertiary/aromatic N) is 1. The minimum Gasteiger partial charge on any atom is -0.473 e. The van der Waals surface area contributed by atoms with E-state index in [1.807, 2.05) is 5.43 Å². The lowest BCUT2D eigenvalue weighted by atomic mass is 10.2. The Morgan fingerprint density at radius 2 is 2.35 bits per heavy atom. The molecule has 0 bridgehead atoms. The van der Waals surface area contributed by atoms with E-state index in [2.05, 4.69) is 4.98 Å². The van der Waals surface area contributed by atoms with Gasteiger partial charge in [0.1, 0.15) is 6.61 Å². The highest BCUT2D eigenvalue weighted by Crippen LogP contribution is 2.21. The predicted octanol–water partition coefficient (Wildman–Crippen LogP) is 1.20. The van der Waals surface area contributed by atoms with Crippen molar-refractivity contribution in [1.82, 2.24) is 4.98 Å². The number of nitrogen functional groups attached to an aromatic ring is 1. The van der Waals surface area contributed by atoms with Gasteiger partial charge in [0.05, 0.1) is 6.10 Å². The smallest absolute Gasteiger partial charge is 0.252 e. The number of hydrogen-bond acceptors (Lipinski definition) is 5. The maximum atomic E-state index is 13.3. The molecule has 1 unspecified atom stereocenters. The fourth-order valence-electron chi connectivity index (χ4n) is 1.60. The number of pyridine rings is 1. The maximum Gasteiger partial charge on any atom is 0.252 e. The van der Waals surface area contributed by atoms with Gasteiger partial charge >= 0.3 is 0 Å². The summed E-state index contributed by atoms with van der Waals surface area (Å²) in [5.74, 6) is 2.77. The molecule has 1 aromatic heterocycles. The third-order valence-corrected chi connectivity index (χ3v) is 2.46. The van der Waals surface area contributed by atoms with Crippen molar-refractivity contribution in [2.45, 2.75) is 18.9 Å². The van der Waals surface area contributed by atoms with E-state index >= 15 is 0 Å². The molecule has 0 spiro atoms. The summed E-state index contributed by atoms with van der Waals surface area (Å²) in [6.45, 7) is 0.878. The topological polar surface area (TPSA) is 69.4 Å². The first-order valence-corrected chi connectivity index (χ1v) is 5.27. The molecule has 17 heavy (non-hydrogen) atoms. The highest BCUT2D eigenvalue weighted by molar-refractivity contribution is 5.38. The van der Waals surface area contributed by atoms with Gasteiger partial charge in [0.15, 0.2) is 17.5 Å². The molecule has 7 heteroatoms. The Bertz CT molecular complexity index is 397. The number of nitrogens with one attached hydrogen (secondary N) is 1. The molecular formula is C10H13F2N3O2. The van der Waals surface area contributed by atoms with Crippen LogP contribution in [0.15, 0.2) is 6.07 Å². The van der Waals surface area contributed by atoms with E-state index in [1.54, 1.807) is 0 Å². The van der Waals surface area contributed by atoms with Crippen molar-refractivity contribution in [1.29, 1.82) is 0 Å². The Balaban J connectivity index is 2.03. The van der Waals surface area contributed by atoms with Crippen molar-refractivity contribution < 1.29 is 18.3 Å². The van der Waals surface area contributed by atoms with Crippen LogP contribution in [-0.4, -0.2) is 24.3 Å². The van der Waals surface area contributed by atoms with Gasteiger partial charge < -0.3 is 14.9 Å². The number of anilines is 1. The van der Waals surface area contributed by atoms with Crippen LogP contribution in [0.1, 0.15) is 12.8 Å². The van der Waals surface area contributed by atoms with Crippen LogP contribution < -0.4 is 16.0 Å². The molecule has 3 N–H and O–H groups in total. The lowest BCUT2D eigenvalue weighted by Gasteiger charge is -2.12. The zero-order valence-electron chi connectivity index (χ0n) is 9.08. The lowest BCUT2D eigenvalue weighted by Crippen LogP contribution is -2.18. The standard InChI is InChI=1S/C10H13F2N3O2/c11-7-4-8(12)10(14-9(7)15-13)17-5-6-2-1-3-16-6/h4,6H,1-3,5,13H2,(H,14,15). The van der Waals surface area contributed by atoms with E-state index in [9.17, 15) is 8.78 Å². The highest BCUT2D eigenvalue weighted by atomic mass is 19.1. The average Bonchev–Trinajstić information content (AvgIpc) is 2.81. The second-order valence-electron chi connectivity index (χ2n) is 3.70. The van der Waals surface area contributed by atoms with Crippen LogP contribution in [0.4, 0.5) is 14.6 Å². The fraction of sp³-hybridized carbons (Fsp3) is 0.500. The summed E-state index contributed by atoms with van der Waals surface area (Å²) in [7, 11) is 0. The van der Waals surface area contributed by atoms with Gasteiger partial charge in [-0.3, -0.25) is 0 Å². The molecule has 0 aromatic carbocycles. The van der Waals surface area contributed by atoms with Gasteiger partial charge in [0.2, 0.25) is 0 Å². The number of rotatable bonds is 4. The molecule has 94 valence electrons. The summed E-state index contributed by atoms with van der Waals surface area (Å²) in [5, 5.41) is 0. The number of hydrogen-bond donors (Lipinski definition) is 2. The summed E-state index contributed by atoms with van der Waals surface area (Å²) in [6.07, 6.45) is 1.77. The molecule has 0 saturated carbocycles. The minimum absolute atomic E-state index is 0.0597. The van der Waals surface area contributed by atoms with Crippen LogP contribution in [0.3, 0.4) is 0 Å². The van der Waals surface area contributed by atoms with Gasteiger partial charge in [0.25, 0.3) is 5.88 Å². The molecule has 1 aromatic rings. The zero-order valence-corrected chi connectivity index (χ0v) is 9.08. The van der Waals surface area contributed by atoms with Crippen LogP contribution in [0, 0.1) is 11.6 Å². The van der Waals surface area contributed by atoms with Crippen molar-refractivity contribution in [3.63, 3.8) is 0 Å². The van der Waals surface area contributed by atoms with Crippen LogP contribution in [0.2, 0.25) is 0 Å². The predicted molar refractivity (Wildman–Crippen MR) is 56.4 cm³/mol. The lowest BCUT2D eigenvalue weighted by molar-refractivity contribution is 0.0648. The van der Waals surface area contributed by atoms with Crippen molar-refractivity contribution >= 4 is 5.82 Å². The van der Waals surface area contributed by atoms with Crippen molar-refractivity contribution in [3.05, 3.63) is 17.7 Å². The number of aromatic nitrogens is 1. The van der Waals surface area contributed by atoms with E-state index in [0.29, 0.717) is 12.7 Å². The molecule has 0 aliphatic carbocycles. The van der Waals surface area contributed by atoms with E-state index in [-0.39, 0.29) is 24.4 Å². The van der Waals surface area contributed by atoms with E-state index in [0.717, 1.165) is 12.8 Å². The molecule has 5 nitrogen and oxygen atoms in total. The zero-order chi connectivity index (χ0) is 12.3. The first kappa shape index (κ1) is 12.0. The van der Waals surface area contributed by atoms with Crippen molar-refractivity contribution in [3.8, 4) is 5.88 Å². The van der Waals surface area contributed by atoms with Gasteiger partial charge in [-0.2, -0.15) is 4.98 Å². The number of nitrogens with two attached hydrogens (primary N) is 1. The first-order chi connectivity index (χ1) is 8.20. The SMILES string of the molecule is NNc1nc(OCC2CCCO2)c(F)cc1F. The molecule has 1 aliphatic heterocycles. The molecule has 1 saturated heterocycles. The normalized spacial score (nSPS) is 19.4. The van der Waals surface area contributed by atoms with Gasteiger partial charge in [-0.15, -0.1) is 0 Å². The third kappa shape index (κ3) is 2.80. The van der Waals surface area contributed by atoms with Crippen LogP contribution in [0.25, 0.3) is 0 Å². The van der Waals surface area contributed by atoms with Gasteiger partial charge in [0, 0.05) is 12.7 Å². The number of ether oxygens (including phenoxy) is 2. The number of hydrazine groups is 1. The molecule has 2 heterocycles. The van der Waals surface area contributed by atoms with Gasteiger partial charge in [-0.1, -0.05) is 0 Å². The summed E-state index contributed by atoms with van der Waals surface area (Å²) in [4.78, 5) is 3.59. The maximum absolute atomic E-state index is 13.3. The molecule has 1 fully saturated rings. The highest BCUT2D eigenvalue weighted by Gasteiger charge is 2.18. The second-order valence-corrected chi connectivity index (χ2v) is 3.70. The van der Waals surface area contributed by atoms with Crippen LogP contribution in [-0.2, 0) is 4.74 Å². The van der Waals surface area contributed by atoms with E-state index in [1.165, 1.54) is 0 Å². The fourth-order valence-corrected chi connectivity index (χ4v) is 1.60.